The first-order valence-electron chi connectivity index (χ1n) is 10.8. The van der Waals surface area contributed by atoms with E-state index >= 15 is 0 Å². The first-order valence-corrected chi connectivity index (χ1v) is 10.8. The lowest BCUT2D eigenvalue weighted by Crippen LogP contribution is -2.21. The van der Waals surface area contributed by atoms with Gasteiger partial charge >= 0.3 is 0 Å². The number of rotatable bonds is 6. The molecule has 0 aliphatic carbocycles. The molecule has 0 bridgehead atoms. The van der Waals surface area contributed by atoms with Gasteiger partial charge in [-0.2, -0.15) is 0 Å². The highest BCUT2D eigenvalue weighted by Gasteiger charge is 2.16. The van der Waals surface area contributed by atoms with Crippen LogP contribution in [0.1, 0.15) is 10.4 Å². The quantitative estimate of drug-likeness (QED) is 0.377. The lowest BCUT2D eigenvalue weighted by Gasteiger charge is -2.12. The van der Waals surface area contributed by atoms with Crippen molar-refractivity contribution in [3.05, 3.63) is 95.0 Å². The number of carbonyl (C=O) groups is 1. The minimum absolute atomic E-state index is 0.0961. The van der Waals surface area contributed by atoms with Gasteiger partial charge in [-0.05, 0) is 48.5 Å². The molecule has 0 radical (unpaired) electrons. The molecule has 0 spiro atoms. The second-order valence-electron chi connectivity index (χ2n) is 7.91. The second kappa shape index (κ2) is 9.14. The molecular formula is C26H21N5O4. The molecule has 0 saturated heterocycles. The highest BCUT2D eigenvalue weighted by Crippen LogP contribution is 2.35. The number of ether oxygens (including phenoxy) is 2. The number of nitrogens with zero attached hydrogens (tertiary/aromatic N) is 3. The Morgan fingerprint density at radius 2 is 1.74 bits per heavy atom. The molecule has 9 nitrogen and oxygen atoms in total. The summed E-state index contributed by atoms with van der Waals surface area (Å²) in [5.74, 6) is 1.92. The fraction of sp³-hybridized carbons (Fsp3) is 0.0769. The van der Waals surface area contributed by atoms with Gasteiger partial charge in [-0.25, -0.2) is 4.98 Å². The third kappa shape index (κ3) is 4.60. The summed E-state index contributed by atoms with van der Waals surface area (Å²) in [5.41, 5.74) is 2.02. The number of carbonyl (C=O) groups excluding carboxylic acids is 1. The maximum Gasteiger partial charge on any atom is 0.290 e. The largest absolute Gasteiger partial charge is 0.457 e. The SMILES string of the molecule is CN(C)C(=O)c1ccc(Oc2cc(Oc3ccc[nH]c3=O)c3nc(-c4ccccn4)[nH]c3c2)cc1. The first-order chi connectivity index (χ1) is 17.0. The Bertz CT molecular complexity index is 1560. The minimum atomic E-state index is -0.367. The van der Waals surface area contributed by atoms with Gasteiger partial charge in [-0.3, -0.25) is 14.6 Å². The molecule has 5 aromatic rings. The molecule has 9 heteroatoms. The molecule has 5 rings (SSSR count). The number of benzene rings is 2. The average Bonchev–Trinajstić information content (AvgIpc) is 3.30. The summed E-state index contributed by atoms with van der Waals surface area (Å²) in [5, 5.41) is 0. The van der Waals surface area contributed by atoms with E-state index < -0.39 is 0 Å². The summed E-state index contributed by atoms with van der Waals surface area (Å²) in [6.45, 7) is 0. The minimum Gasteiger partial charge on any atom is -0.457 e. The zero-order valence-electron chi connectivity index (χ0n) is 19.0. The van der Waals surface area contributed by atoms with E-state index in [0.717, 1.165) is 0 Å². The molecule has 1 amide bonds. The molecule has 3 aromatic heterocycles. The fourth-order valence-electron chi connectivity index (χ4n) is 3.49. The number of nitrogens with one attached hydrogen (secondary N) is 2. The number of aromatic amines is 2. The summed E-state index contributed by atoms with van der Waals surface area (Å²) < 4.78 is 12.0. The van der Waals surface area contributed by atoms with Crippen LogP contribution in [0.5, 0.6) is 23.0 Å². The molecule has 0 saturated carbocycles. The van der Waals surface area contributed by atoms with Crippen molar-refractivity contribution < 1.29 is 14.3 Å². The van der Waals surface area contributed by atoms with E-state index in [2.05, 4.69) is 19.9 Å². The topological polar surface area (TPSA) is 113 Å². The highest BCUT2D eigenvalue weighted by molar-refractivity contribution is 5.94. The Morgan fingerprint density at radius 3 is 2.46 bits per heavy atom. The Kier molecular flexibility index (Phi) is 5.72. The van der Waals surface area contributed by atoms with Crippen LogP contribution in [0.15, 0.2) is 83.9 Å². The van der Waals surface area contributed by atoms with Crippen molar-refractivity contribution in [2.75, 3.05) is 14.1 Å². The van der Waals surface area contributed by atoms with Gasteiger partial charge in [0, 0.05) is 44.2 Å². The second-order valence-corrected chi connectivity index (χ2v) is 7.91. The molecule has 174 valence electrons. The van der Waals surface area contributed by atoms with E-state index in [-0.39, 0.29) is 17.2 Å². The molecule has 0 aliphatic rings. The standard InChI is InChI=1S/C26H21N5O4/c1-31(2)26(33)16-8-10-17(11-9-16)34-18-14-20-23(30-24(29-20)19-6-3-4-12-27-19)22(15-18)35-21-7-5-13-28-25(21)32/h3-15H,1-2H3,(H,28,32)(H,29,30). The zero-order chi connectivity index (χ0) is 24.4. The van der Waals surface area contributed by atoms with Gasteiger partial charge in [0.05, 0.1) is 5.52 Å². The predicted octanol–water partition coefficient (Wildman–Crippen LogP) is 4.60. The van der Waals surface area contributed by atoms with E-state index in [4.69, 9.17) is 9.47 Å². The number of hydrogen-bond donors (Lipinski definition) is 2. The number of H-pyrrole nitrogens is 2. The van der Waals surface area contributed by atoms with Crippen molar-refractivity contribution in [3.63, 3.8) is 0 Å². The first kappa shape index (κ1) is 21.9. The third-order valence-corrected chi connectivity index (χ3v) is 5.18. The van der Waals surface area contributed by atoms with Crippen LogP contribution in [0.4, 0.5) is 0 Å². The third-order valence-electron chi connectivity index (χ3n) is 5.18. The Balaban J connectivity index is 1.54. The van der Waals surface area contributed by atoms with Crippen LogP contribution in [-0.4, -0.2) is 44.8 Å². The van der Waals surface area contributed by atoms with Gasteiger partial charge in [0.25, 0.3) is 11.5 Å². The molecule has 3 heterocycles. The smallest absolute Gasteiger partial charge is 0.290 e. The molecule has 2 aromatic carbocycles. The van der Waals surface area contributed by atoms with Gasteiger partial charge in [0.1, 0.15) is 22.7 Å². The molecule has 0 aliphatic heterocycles. The number of fused-ring (bicyclic) bond motifs is 1. The van der Waals surface area contributed by atoms with Gasteiger partial charge in [0.15, 0.2) is 17.3 Å². The zero-order valence-corrected chi connectivity index (χ0v) is 19.0. The summed E-state index contributed by atoms with van der Waals surface area (Å²) in [7, 11) is 3.40. The summed E-state index contributed by atoms with van der Waals surface area (Å²) >= 11 is 0. The van der Waals surface area contributed by atoms with E-state index in [1.165, 1.54) is 11.1 Å². The Morgan fingerprint density at radius 1 is 0.914 bits per heavy atom. The van der Waals surface area contributed by atoms with Gasteiger partial charge < -0.3 is 24.3 Å². The van der Waals surface area contributed by atoms with E-state index in [0.29, 0.717) is 45.4 Å². The normalized spacial score (nSPS) is 10.8. The number of imidazole rings is 1. The number of hydrogen-bond acceptors (Lipinski definition) is 6. The van der Waals surface area contributed by atoms with Crippen molar-refractivity contribution in [3.8, 4) is 34.5 Å². The lowest BCUT2D eigenvalue weighted by molar-refractivity contribution is 0.0827. The number of pyridine rings is 2. The number of aromatic nitrogens is 4. The van der Waals surface area contributed by atoms with Crippen molar-refractivity contribution in [1.82, 2.24) is 24.8 Å². The molecule has 0 atom stereocenters. The molecular weight excluding hydrogens is 446 g/mol. The molecule has 0 unspecified atom stereocenters. The van der Waals surface area contributed by atoms with Crippen molar-refractivity contribution in [2.24, 2.45) is 0 Å². The summed E-state index contributed by atoms with van der Waals surface area (Å²) in [6, 6.07) is 19.1. The van der Waals surface area contributed by atoms with Gasteiger partial charge in [-0.1, -0.05) is 6.07 Å². The van der Waals surface area contributed by atoms with E-state index in [1.807, 2.05) is 18.2 Å². The highest BCUT2D eigenvalue weighted by atomic mass is 16.5. The lowest BCUT2D eigenvalue weighted by atomic mass is 10.2. The van der Waals surface area contributed by atoms with Crippen LogP contribution in [0.2, 0.25) is 0 Å². The Hall–Kier alpha value is -4.92. The number of amides is 1. The van der Waals surface area contributed by atoms with Gasteiger partial charge in [0.2, 0.25) is 0 Å². The summed E-state index contributed by atoms with van der Waals surface area (Å²) in [4.78, 5) is 40.7. The predicted molar refractivity (Wildman–Crippen MR) is 131 cm³/mol. The van der Waals surface area contributed by atoms with E-state index in [1.54, 1.807) is 68.8 Å². The monoisotopic (exact) mass is 467 g/mol. The van der Waals surface area contributed by atoms with E-state index in [9.17, 15) is 9.59 Å². The molecule has 2 N–H and O–H groups in total. The van der Waals surface area contributed by atoms with Crippen molar-refractivity contribution in [2.45, 2.75) is 0 Å². The molecule has 35 heavy (non-hydrogen) atoms. The van der Waals surface area contributed by atoms with Crippen LogP contribution in [0.25, 0.3) is 22.6 Å². The van der Waals surface area contributed by atoms with Crippen LogP contribution in [0, 0.1) is 0 Å². The van der Waals surface area contributed by atoms with Crippen LogP contribution < -0.4 is 15.0 Å². The Labute approximate surface area is 200 Å². The van der Waals surface area contributed by atoms with Crippen LogP contribution >= 0.6 is 0 Å². The van der Waals surface area contributed by atoms with Crippen LogP contribution in [-0.2, 0) is 0 Å². The maximum absolute atomic E-state index is 12.2. The summed E-state index contributed by atoms with van der Waals surface area (Å²) in [6.07, 6.45) is 3.21. The van der Waals surface area contributed by atoms with Crippen molar-refractivity contribution >= 4 is 16.9 Å². The molecule has 0 fully saturated rings. The maximum atomic E-state index is 12.2. The average molecular weight is 467 g/mol. The van der Waals surface area contributed by atoms with Gasteiger partial charge in [-0.15, -0.1) is 0 Å². The fourth-order valence-corrected chi connectivity index (χ4v) is 3.49. The van der Waals surface area contributed by atoms with Crippen LogP contribution in [0.3, 0.4) is 0 Å². The van der Waals surface area contributed by atoms with Crippen molar-refractivity contribution in [1.29, 1.82) is 0 Å².